The van der Waals surface area contributed by atoms with Crippen LogP contribution in [0.4, 0.5) is 5.00 Å². The van der Waals surface area contributed by atoms with E-state index in [9.17, 15) is 4.79 Å². The van der Waals surface area contributed by atoms with Crippen molar-refractivity contribution in [3.8, 4) is 0 Å². The van der Waals surface area contributed by atoms with Crippen LogP contribution in [0.5, 0.6) is 0 Å². The third-order valence-corrected chi connectivity index (χ3v) is 4.06. The van der Waals surface area contributed by atoms with E-state index in [2.05, 4.69) is 25.1 Å². The Balaban J connectivity index is 2.08. The Labute approximate surface area is 112 Å². The van der Waals surface area contributed by atoms with E-state index in [0.29, 0.717) is 17.5 Å². The zero-order valence-electron chi connectivity index (χ0n) is 10.1. The van der Waals surface area contributed by atoms with Crippen LogP contribution in [-0.4, -0.2) is 31.4 Å². The highest BCUT2D eigenvalue weighted by Gasteiger charge is 2.11. The number of thioether (sulfide) groups is 1. The van der Waals surface area contributed by atoms with Crippen molar-refractivity contribution in [2.24, 2.45) is 0 Å². The summed E-state index contributed by atoms with van der Waals surface area (Å²) >= 11 is 2.80. The first-order valence-electron chi connectivity index (χ1n) is 5.53. The molecule has 18 heavy (non-hydrogen) atoms. The third-order valence-electron chi connectivity index (χ3n) is 2.29. The molecule has 0 amide bonds. The van der Waals surface area contributed by atoms with Crippen LogP contribution in [-0.2, 0) is 12.3 Å². The second-order valence-corrected chi connectivity index (χ2v) is 5.25. The van der Waals surface area contributed by atoms with Gasteiger partial charge in [0.25, 0.3) is 0 Å². The molecule has 0 atom stereocenters. The molecule has 98 valence electrons. The fourth-order valence-electron chi connectivity index (χ4n) is 1.46. The summed E-state index contributed by atoms with van der Waals surface area (Å²) in [6.07, 6.45) is 0.896. The van der Waals surface area contributed by atoms with Crippen molar-refractivity contribution in [1.29, 1.82) is 0 Å². The molecule has 0 unspecified atom stereocenters. The van der Waals surface area contributed by atoms with Crippen LogP contribution in [0.15, 0.2) is 9.95 Å². The van der Waals surface area contributed by atoms with E-state index < -0.39 is 0 Å². The lowest BCUT2D eigenvalue weighted by molar-refractivity contribution is 0.603. The van der Waals surface area contributed by atoms with Crippen molar-refractivity contribution in [2.45, 2.75) is 30.8 Å². The van der Waals surface area contributed by atoms with Crippen molar-refractivity contribution in [2.75, 3.05) is 12.4 Å². The Bertz CT molecular complexity index is 559. The van der Waals surface area contributed by atoms with Gasteiger partial charge in [0.1, 0.15) is 10.7 Å². The highest BCUT2D eigenvalue weighted by Crippen LogP contribution is 2.25. The summed E-state index contributed by atoms with van der Waals surface area (Å²) in [7, 11) is 1.84. The van der Waals surface area contributed by atoms with Gasteiger partial charge in [-0.25, -0.2) is 9.89 Å². The van der Waals surface area contributed by atoms with Gasteiger partial charge >= 0.3 is 5.69 Å². The summed E-state index contributed by atoms with van der Waals surface area (Å²) in [5.41, 5.74) is 0.718. The number of nitrogens with one attached hydrogen (secondary N) is 2. The zero-order chi connectivity index (χ0) is 13.0. The molecule has 2 N–H and O–H groups in total. The van der Waals surface area contributed by atoms with Crippen LogP contribution in [0, 0.1) is 0 Å². The molecule has 0 spiro atoms. The largest absolute Gasteiger partial charge is 0.377 e. The van der Waals surface area contributed by atoms with E-state index in [1.807, 2.05) is 14.0 Å². The van der Waals surface area contributed by atoms with Crippen LogP contribution in [0.1, 0.15) is 19.0 Å². The summed E-state index contributed by atoms with van der Waals surface area (Å²) in [6, 6.07) is 0. The summed E-state index contributed by atoms with van der Waals surface area (Å²) in [4.78, 5) is 11.5. The Morgan fingerprint density at radius 2 is 2.39 bits per heavy atom. The molecule has 0 fully saturated rings. The van der Waals surface area contributed by atoms with E-state index >= 15 is 0 Å². The molecule has 0 bridgehead atoms. The minimum Gasteiger partial charge on any atom is -0.377 e. The Kier molecular flexibility index (Phi) is 4.37. The van der Waals surface area contributed by atoms with Gasteiger partial charge in [0.2, 0.25) is 0 Å². The standard InChI is InChI=1S/C9H14N6OS2/c1-3-4-15-8(16)12-13-9(15)17-5-6-7(10-2)18-14-11-6/h10H,3-5H2,1-2H3,(H,12,16). The highest BCUT2D eigenvalue weighted by atomic mass is 32.2. The molecule has 2 aromatic heterocycles. The quantitative estimate of drug-likeness (QED) is 0.775. The van der Waals surface area contributed by atoms with E-state index in [1.54, 1.807) is 4.57 Å². The van der Waals surface area contributed by atoms with Crippen LogP contribution in [0.2, 0.25) is 0 Å². The van der Waals surface area contributed by atoms with Gasteiger partial charge in [-0.05, 0) is 6.42 Å². The number of hydrogen-bond acceptors (Lipinski definition) is 7. The molecule has 0 aliphatic rings. The number of anilines is 1. The van der Waals surface area contributed by atoms with E-state index in [4.69, 9.17) is 0 Å². The van der Waals surface area contributed by atoms with E-state index in [1.165, 1.54) is 23.3 Å². The number of rotatable bonds is 6. The van der Waals surface area contributed by atoms with Crippen LogP contribution in [0.3, 0.4) is 0 Å². The van der Waals surface area contributed by atoms with Crippen LogP contribution >= 0.6 is 23.3 Å². The number of nitrogens with zero attached hydrogens (tertiary/aromatic N) is 4. The summed E-state index contributed by atoms with van der Waals surface area (Å²) < 4.78 is 5.53. The first-order chi connectivity index (χ1) is 8.76. The maximum Gasteiger partial charge on any atom is 0.343 e. The van der Waals surface area contributed by atoms with Gasteiger partial charge in [0.05, 0.1) is 0 Å². The average Bonchev–Trinajstić information content (AvgIpc) is 2.96. The Hall–Kier alpha value is -1.35. The first kappa shape index (κ1) is 13.1. The molecule has 2 aromatic rings. The fraction of sp³-hybridized carbons (Fsp3) is 0.556. The molecule has 0 aliphatic heterocycles. The predicted molar refractivity (Wildman–Crippen MR) is 72.2 cm³/mol. The second-order valence-electron chi connectivity index (χ2n) is 3.55. The predicted octanol–water partition coefficient (Wildman–Crippen LogP) is 1.17. The van der Waals surface area contributed by atoms with Gasteiger partial charge in [0.15, 0.2) is 5.16 Å². The number of aromatic nitrogens is 5. The molecule has 0 saturated heterocycles. The summed E-state index contributed by atoms with van der Waals surface area (Å²) in [5.74, 6) is 0.640. The molecular weight excluding hydrogens is 272 g/mol. The van der Waals surface area contributed by atoms with Crippen molar-refractivity contribution in [3.63, 3.8) is 0 Å². The van der Waals surface area contributed by atoms with Crippen molar-refractivity contribution in [3.05, 3.63) is 16.2 Å². The van der Waals surface area contributed by atoms with Gasteiger partial charge in [-0.1, -0.05) is 23.2 Å². The average molecular weight is 286 g/mol. The van der Waals surface area contributed by atoms with Gasteiger partial charge in [0, 0.05) is 30.9 Å². The van der Waals surface area contributed by atoms with Gasteiger partial charge < -0.3 is 5.32 Å². The molecule has 2 heterocycles. The van der Waals surface area contributed by atoms with Crippen molar-refractivity contribution >= 4 is 28.3 Å². The Morgan fingerprint density at radius 3 is 3.11 bits per heavy atom. The topological polar surface area (TPSA) is 88.5 Å². The van der Waals surface area contributed by atoms with Gasteiger partial charge in [-0.15, -0.1) is 10.2 Å². The fourth-order valence-corrected chi connectivity index (χ4v) is 2.99. The van der Waals surface area contributed by atoms with Gasteiger partial charge in [-0.3, -0.25) is 4.57 Å². The number of hydrogen-bond donors (Lipinski definition) is 2. The normalized spacial score (nSPS) is 10.8. The van der Waals surface area contributed by atoms with Gasteiger partial charge in [-0.2, -0.15) is 0 Å². The molecule has 9 heteroatoms. The molecule has 0 aliphatic carbocycles. The maximum atomic E-state index is 11.5. The maximum absolute atomic E-state index is 11.5. The summed E-state index contributed by atoms with van der Waals surface area (Å²) in [5, 5.41) is 15.2. The lowest BCUT2D eigenvalue weighted by atomic mass is 10.5. The summed E-state index contributed by atoms with van der Waals surface area (Å²) in [6.45, 7) is 2.70. The molecule has 0 aromatic carbocycles. The highest BCUT2D eigenvalue weighted by molar-refractivity contribution is 7.98. The second kappa shape index (κ2) is 6.01. The lowest BCUT2D eigenvalue weighted by Crippen LogP contribution is -2.17. The molecule has 7 nitrogen and oxygen atoms in total. The number of aromatic amines is 1. The minimum absolute atomic E-state index is 0.162. The molecule has 0 radical (unpaired) electrons. The molecular formula is C9H14N6OS2. The molecule has 2 rings (SSSR count). The zero-order valence-corrected chi connectivity index (χ0v) is 11.8. The molecule has 0 saturated carbocycles. The van der Waals surface area contributed by atoms with Crippen molar-refractivity contribution < 1.29 is 0 Å². The third kappa shape index (κ3) is 2.72. The number of H-pyrrole nitrogens is 1. The first-order valence-corrected chi connectivity index (χ1v) is 7.29. The van der Waals surface area contributed by atoms with Crippen LogP contribution < -0.4 is 11.0 Å². The smallest absolute Gasteiger partial charge is 0.343 e. The van der Waals surface area contributed by atoms with E-state index in [-0.39, 0.29) is 5.69 Å². The SMILES string of the molecule is CCCn1c(SCc2nnsc2NC)n[nH]c1=O. The van der Waals surface area contributed by atoms with E-state index in [0.717, 1.165) is 17.1 Å². The van der Waals surface area contributed by atoms with Crippen LogP contribution in [0.25, 0.3) is 0 Å². The Morgan fingerprint density at radius 1 is 1.56 bits per heavy atom. The van der Waals surface area contributed by atoms with Crippen molar-refractivity contribution in [1.82, 2.24) is 24.4 Å². The minimum atomic E-state index is -0.162. The lowest BCUT2D eigenvalue weighted by Gasteiger charge is -2.02. The monoisotopic (exact) mass is 286 g/mol.